The summed E-state index contributed by atoms with van der Waals surface area (Å²) in [5, 5.41) is 5.78. The maximum atomic E-state index is 13.3. The van der Waals surface area contributed by atoms with Gasteiger partial charge in [-0.3, -0.25) is 4.79 Å². The highest BCUT2D eigenvalue weighted by atomic mass is 35.5. The molecule has 0 aliphatic heterocycles. The van der Waals surface area contributed by atoms with Gasteiger partial charge in [-0.25, -0.2) is 14.4 Å². The van der Waals surface area contributed by atoms with Crippen LogP contribution in [0.2, 0.25) is 5.02 Å². The maximum Gasteiger partial charge on any atom is 0.274 e. The van der Waals surface area contributed by atoms with Gasteiger partial charge in [-0.05, 0) is 56.2 Å². The number of hydrogen-bond donors (Lipinski definition) is 2. The molecule has 0 aliphatic carbocycles. The number of para-hydroxylation sites is 1. The fraction of sp³-hybridized carbons (Fsp3) is 0.150. The normalized spacial score (nSPS) is 10.6. The third kappa shape index (κ3) is 4.41. The number of carbonyl (C=O) groups is 1. The van der Waals surface area contributed by atoms with E-state index in [1.54, 1.807) is 13.0 Å². The lowest BCUT2D eigenvalue weighted by Gasteiger charge is -2.13. The van der Waals surface area contributed by atoms with Crippen LogP contribution in [-0.4, -0.2) is 15.9 Å². The molecule has 0 saturated heterocycles. The molecule has 0 fully saturated rings. The van der Waals surface area contributed by atoms with Crippen molar-refractivity contribution in [3.63, 3.8) is 0 Å². The monoisotopic (exact) mass is 384 g/mol. The van der Waals surface area contributed by atoms with E-state index < -0.39 is 11.7 Å². The topological polar surface area (TPSA) is 66.9 Å². The molecule has 0 spiro atoms. The maximum absolute atomic E-state index is 13.3. The fourth-order valence-corrected chi connectivity index (χ4v) is 2.81. The van der Waals surface area contributed by atoms with Gasteiger partial charge in [-0.2, -0.15) is 0 Å². The zero-order valence-corrected chi connectivity index (χ0v) is 15.9. The Morgan fingerprint density at radius 3 is 2.41 bits per heavy atom. The van der Waals surface area contributed by atoms with Crippen LogP contribution in [0.1, 0.15) is 27.3 Å². The van der Waals surface area contributed by atoms with Crippen LogP contribution in [0, 0.1) is 26.6 Å². The average Bonchev–Trinajstić information content (AvgIpc) is 2.61. The first-order chi connectivity index (χ1) is 12.8. The van der Waals surface area contributed by atoms with Crippen LogP contribution in [0.3, 0.4) is 0 Å². The van der Waals surface area contributed by atoms with E-state index in [0.717, 1.165) is 16.8 Å². The van der Waals surface area contributed by atoms with Gasteiger partial charge in [0.15, 0.2) is 0 Å². The van der Waals surface area contributed by atoms with Crippen LogP contribution >= 0.6 is 11.6 Å². The van der Waals surface area contributed by atoms with Crippen molar-refractivity contribution < 1.29 is 9.18 Å². The Labute approximate surface area is 161 Å². The van der Waals surface area contributed by atoms with Crippen molar-refractivity contribution in [1.82, 2.24) is 9.97 Å². The van der Waals surface area contributed by atoms with Gasteiger partial charge >= 0.3 is 0 Å². The smallest absolute Gasteiger partial charge is 0.274 e. The molecule has 0 bridgehead atoms. The van der Waals surface area contributed by atoms with Crippen molar-refractivity contribution in [3.05, 3.63) is 75.8 Å². The highest BCUT2D eigenvalue weighted by Gasteiger charge is 2.13. The number of nitrogens with one attached hydrogen (secondary N) is 2. The van der Waals surface area contributed by atoms with Gasteiger partial charge in [-0.1, -0.05) is 29.8 Å². The lowest BCUT2D eigenvalue weighted by Crippen LogP contribution is -2.15. The van der Waals surface area contributed by atoms with Gasteiger partial charge in [-0.15, -0.1) is 0 Å². The fourth-order valence-electron chi connectivity index (χ4n) is 2.63. The molecule has 3 rings (SSSR count). The first-order valence-corrected chi connectivity index (χ1v) is 8.66. The summed E-state index contributed by atoms with van der Waals surface area (Å²) in [6.07, 6.45) is 0. The average molecular weight is 385 g/mol. The number of aromatic nitrogens is 2. The zero-order valence-electron chi connectivity index (χ0n) is 15.1. The van der Waals surface area contributed by atoms with Gasteiger partial charge in [0.1, 0.15) is 11.5 Å². The Morgan fingerprint density at radius 2 is 1.74 bits per heavy atom. The first kappa shape index (κ1) is 18.8. The number of carbonyl (C=O) groups excluding carboxylic acids is 1. The Hall–Kier alpha value is -2.99. The minimum atomic E-state index is -0.548. The SMILES string of the molecule is Cc1cc(C(=O)Nc2ccc(F)c(Cl)c2)nc(Nc2c(C)cccc2C)n1. The second kappa shape index (κ2) is 7.72. The second-order valence-electron chi connectivity index (χ2n) is 6.19. The molecule has 0 saturated carbocycles. The lowest BCUT2D eigenvalue weighted by molar-refractivity contribution is 0.102. The van der Waals surface area contributed by atoms with Gasteiger partial charge < -0.3 is 10.6 Å². The van der Waals surface area contributed by atoms with Crippen molar-refractivity contribution in [2.75, 3.05) is 10.6 Å². The largest absolute Gasteiger partial charge is 0.324 e. The van der Waals surface area contributed by atoms with E-state index in [1.807, 2.05) is 32.0 Å². The summed E-state index contributed by atoms with van der Waals surface area (Å²) in [7, 11) is 0. The number of benzene rings is 2. The number of anilines is 3. The molecule has 1 heterocycles. The molecule has 0 atom stereocenters. The minimum absolute atomic E-state index is 0.0657. The molecular weight excluding hydrogens is 367 g/mol. The molecule has 27 heavy (non-hydrogen) atoms. The van der Waals surface area contributed by atoms with Crippen LogP contribution in [0.15, 0.2) is 42.5 Å². The Balaban J connectivity index is 1.86. The molecule has 2 N–H and O–H groups in total. The minimum Gasteiger partial charge on any atom is -0.324 e. The van der Waals surface area contributed by atoms with Crippen LogP contribution < -0.4 is 10.6 Å². The summed E-state index contributed by atoms with van der Waals surface area (Å²) in [4.78, 5) is 21.2. The number of rotatable bonds is 4. The summed E-state index contributed by atoms with van der Waals surface area (Å²) >= 11 is 5.75. The quantitative estimate of drug-likeness (QED) is 0.649. The van der Waals surface area contributed by atoms with E-state index in [4.69, 9.17) is 11.6 Å². The first-order valence-electron chi connectivity index (χ1n) is 8.29. The van der Waals surface area contributed by atoms with E-state index in [9.17, 15) is 9.18 Å². The van der Waals surface area contributed by atoms with Gasteiger partial charge in [0.05, 0.1) is 5.02 Å². The zero-order chi connectivity index (χ0) is 19.6. The third-order valence-electron chi connectivity index (χ3n) is 3.98. The molecule has 0 unspecified atom stereocenters. The molecule has 1 amide bonds. The van der Waals surface area contributed by atoms with Crippen molar-refractivity contribution in [2.24, 2.45) is 0 Å². The van der Waals surface area contributed by atoms with Crippen LogP contribution in [0.25, 0.3) is 0 Å². The summed E-state index contributed by atoms with van der Waals surface area (Å²) in [5.74, 6) is -0.657. The molecule has 5 nitrogen and oxygen atoms in total. The van der Waals surface area contributed by atoms with E-state index in [-0.39, 0.29) is 10.7 Å². The molecule has 3 aromatic rings. The van der Waals surface area contributed by atoms with Gasteiger partial charge in [0.2, 0.25) is 5.95 Å². The molecule has 0 aliphatic rings. The second-order valence-corrected chi connectivity index (χ2v) is 6.60. The standard InChI is InChI=1S/C20H18ClFN4O/c1-11-5-4-6-12(2)18(11)26-20-23-13(3)9-17(25-20)19(27)24-14-7-8-16(22)15(21)10-14/h4-10H,1-3H3,(H,24,27)(H,23,25,26). The highest BCUT2D eigenvalue weighted by Crippen LogP contribution is 2.23. The van der Waals surface area contributed by atoms with Gasteiger partial charge in [0, 0.05) is 17.1 Å². The molecule has 7 heteroatoms. The van der Waals surface area contributed by atoms with E-state index >= 15 is 0 Å². The highest BCUT2D eigenvalue weighted by molar-refractivity contribution is 6.31. The Kier molecular flexibility index (Phi) is 5.37. The van der Waals surface area contributed by atoms with Crippen LogP contribution in [-0.2, 0) is 0 Å². The van der Waals surface area contributed by atoms with Crippen molar-refractivity contribution in [1.29, 1.82) is 0 Å². The Bertz CT molecular complexity index is 1000. The summed E-state index contributed by atoms with van der Waals surface area (Å²) in [6.45, 7) is 5.75. The third-order valence-corrected chi connectivity index (χ3v) is 4.27. The van der Waals surface area contributed by atoms with E-state index in [0.29, 0.717) is 17.3 Å². The van der Waals surface area contributed by atoms with Crippen LogP contribution in [0.4, 0.5) is 21.7 Å². The number of nitrogens with zero attached hydrogens (tertiary/aromatic N) is 2. The van der Waals surface area contributed by atoms with Crippen molar-refractivity contribution in [2.45, 2.75) is 20.8 Å². The molecular formula is C20H18ClFN4O. The van der Waals surface area contributed by atoms with Crippen molar-refractivity contribution in [3.8, 4) is 0 Å². The summed E-state index contributed by atoms with van der Waals surface area (Å²) in [6, 6.07) is 11.5. The molecule has 0 radical (unpaired) electrons. The molecule has 138 valence electrons. The lowest BCUT2D eigenvalue weighted by atomic mass is 10.1. The van der Waals surface area contributed by atoms with Crippen LogP contribution in [0.5, 0.6) is 0 Å². The predicted molar refractivity (Wildman–Crippen MR) is 105 cm³/mol. The Morgan fingerprint density at radius 1 is 1.04 bits per heavy atom. The molecule has 2 aromatic carbocycles. The number of aryl methyl sites for hydroxylation is 3. The summed E-state index contributed by atoms with van der Waals surface area (Å²) < 4.78 is 13.3. The predicted octanol–water partition coefficient (Wildman–Crippen LogP) is 5.19. The summed E-state index contributed by atoms with van der Waals surface area (Å²) in [5.41, 5.74) is 4.21. The van der Waals surface area contributed by atoms with Gasteiger partial charge in [0.25, 0.3) is 5.91 Å². The van der Waals surface area contributed by atoms with E-state index in [1.165, 1.54) is 18.2 Å². The van der Waals surface area contributed by atoms with E-state index in [2.05, 4.69) is 20.6 Å². The van der Waals surface area contributed by atoms with Crippen molar-refractivity contribution >= 4 is 34.8 Å². The number of amides is 1. The molecule has 1 aromatic heterocycles. The number of halogens is 2. The number of hydrogen-bond acceptors (Lipinski definition) is 4.